The minimum Gasteiger partial charge on any atom is -0.487 e. The molecule has 170 valence electrons. The molecule has 8 heteroatoms. The summed E-state index contributed by atoms with van der Waals surface area (Å²) >= 11 is 0. The number of piperazine rings is 1. The smallest absolute Gasteiger partial charge is 0.255 e. The Kier molecular flexibility index (Phi) is 6.85. The van der Waals surface area contributed by atoms with E-state index in [0.29, 0.717) is 17.0 Å². The molecule has 1 aromatic heterocycles. The van der Waals surface area contributed by atoms with Crippen LogP contribution >= 0.6 is 0 Å². The number of benzene rings is 2. The van der Waals surface area contributed by atoms with Crippen molar-refractivity contribution in [3.8, 4) is 5.75 Å². The number of nitrogens with one attached hydrogen (secondary N) is 1. The van der Waals surface area contributed by atoms with Gasteiger partial charge in [0.25, 0.3) is 5.91 Å². The van der Waals surface area contributed by atoms with Gasteiger partial charge in [0, 0.05) is 49.3 Å². The Hall–Kier alpha value is -3.91. The van der Waals surface area contributed by atoms with Crippen molar-refractivity contribution in [1.82, 2.24) is 9.88 Å². The molecular weight excluding hydrogens is 418 g/mol. The second-order valence-corrected chi connectivity index (χ2v) is 8.05. The van der Waals surface area contributed by atoms with Crippen LogP contribution in [0, 0.1) is 0 Å². The van der Waals surface area contributed by atoms with E-state index in [1.807, 2.05) is 48.5 Å². The highest BCUT2D eigenvalue weighted by atomic mass is 16.5. The molecule has 4 rings (SSSR count). The van der Waals surface area contributed by atoms with Gasteiger partial charge in [0.15, 0.2) is 0 Å². The highest BCUT2D eigenvalue weighted by Gasteiger charge is 2.15. The van der Waals surface area contributed by atoms with Gasteiger partial charge in [-0.15, -0.1) is 0 Å². The molecule has 0 aliphatic carbocycles. The molecule has 0 radical (unpaired) electrons. The summed E-state index contributed by atoms with van der Waals surface area (Å²) in [6, 6.07) is 16.7. The van der Waals surface area contributed by atoms with Crippen molar-refractivity contribution in [2.75, 3.05) is 43.4 Å². The molecule has 1 saturated heterocycles. The zero-order valence-corrected chi connectivity index (χ0v) is 18.5. The van der Waals surface area contributed by atoms with Crippen LogP contribution in [0.1, 0.15) is 26.3 Å². The normalized spacial score (nSPS) is 14.0. The van der Waals surface area contributed by atoms with Crippen LogP contribution in [0.5, 0.6) is 5.75 Å². The van der Waals surface area contributed by atoms with Crippen molar-refractivity contribution in [3.63, 3.8) is 0 Å². The maximum Gasteiger partial charge on any atom is 0.255 e. The summed E-state index contributed by atoms with van der Waals surface area (Å²) in [6.45, 7) is 4.30. The van der Waals surface area contributed by atoms with Gasteiger partial charge in [-0.25, -0.2) is 0 Å². The molecule has 0 bridgehead atoms. The van der Waals surface area contributed by atoms with Crippen LogP contribution in [0.4, 0.5) is 11.4 Å². The number of anilines is 2. The average molecular weight is 446 g/mol. The number of rotatable bonds is 7. The van der Waals surface area contributed by atoms with E-state index in [1.54, 1.807) is 6.07 Å². The summed E-state index contributed by atoms with van der Waals surface area (Å²) in [5, 5.41) is 2.94. The number of likely N-dealkylation sites (N-methyl/N-ethyl adjacent to an activating group) is 1. The lowest BCUT2D eigenvalue weighted by molar-refractivity contribution is 0.0997. The number of hydrogen-bond donors (Lipinski definition) is 2. The highest BCUT2D eigenvalue weighted by Crippen LogP contribution is 2.19. The highest BCUT2D eigenvalue weighted by molar-refractivity contribution is 6.04. The number of primary amides is 1. The fourth-order valence-electron chi connectivity index (χ4n) is 3.63. The molecule has 3 aromatic rings. The maximum atomic E-state index is 12.7. The lowest BCUT2D eigenvalue weighted by atomic mass is 10.1. The van der Waals surface area contributed by atoms with Crippen molar-refractivity contribution in [1.29, 1.82) is 0 Å². The van der Waals surface area contributed by atoms with E-state index in [9.17, 15) is 9.59 Å². The number of carbonyl (C=O) groups is 2. The zero-order chi connectivity index (χ0) is 23.2. The molecule has 0 saturated carbocycles. The van der Waals surface area contributed by atoms with E-state index in [2.05, 4.69) is 27.1 Å². The summed E-state index contributed by atoms with van der Waals surface area (Å²) in [7, 11) is 2.13. The van der Waals surface area contributed by atoms with Gasteiger partial charge in [0.1, 0.15) is 12.4 Å². The van der Waals surface area contributed by atoms with Crippen LogP contribution < -0.4 is 20.7 Å². The molecular formula is C25H27N5O3. The summed E-state index contributed by atoms with van der Waals surface area (Å²) in [5.74, 6) is -0.285. The molecule has 8 nitrogen and oxygen atoms in total. The van der Waals surface area contributed by atoms with E-state index in [4.69, 9.17) is 10.5 Å². The summed E-state index contributed by atoms with van der Waals surface area (Å²) in [4.78, 5) is 32.6. The number of carbonyl (C=O) groups excluding carboxylic acids is 2. The van der Waals surface area contributed by atoms with Crippen LogP contribution in [0.25, 0.3) is 0 Å². The van der Waals surface area contributed by atoms with Gasteiger partial charge in [0.2, 0.25) is 5.91 Å². The van der Waals surface area contributed by atoms with Gasteiger partial charge in [-0.3, -0.25) is 14.6 Å². The average Bonchev–Trinajstić information content (AvgIpc) is 2.84. The maximum absolute atomic E-state index is 12.7. The molecule has 1 fully saturated rings. The van der Waals surface area contributed by atoms with Crippen molar-refractivity contribution in [2.45, 2.75) is 6.61 Å². The third kappa shape index (κ3) is 5.87. The summed E-state index contributed by atoms with van der Waals surface area (Å²) in [6.07, 6.45) is 2.91. The van der Waals surface area contributed by atoms with Crippen molar-refractivity contribution >= 4 is 23.2 Å². The number of nitrogens with zero attached hydrogens (tertiary/aromatic N) is 3. The molecule has 2 amide bonds. The Morgan fingerprint density at radius 2 is 1.76 bits per heavy atom. The van der Waals surface area contributed by atoms with Crippen LogP contribution in [0.2, 0.25) is 0 Å². The first kappa shape index (κ1) is 22.3. The first-order valence-corrected chi connectivity index (χ1v) is 10.8. The van der Waals surface area contributed by atoms with Gasteiger partial charge in [-0.05, 0) is 55.1 Å². The molecule has 33 heavy (non-hydrogen) atoms. The van der Waals surface area contributed by atoms with Gasteiger partial charge in [0.05, 0.1) is 11.8 Å². The van der Waals surface area contributed by atoms with Gasteiger partial charge >= 0.3 is 0 Å². The molecule has 0 unspecified atom stereocenters. The number of ether oxygens (including phenoxy) is 1. The second-order valence-electron chi connectivity index (χ2n) is 8.05. The number of aromatic nitrogens is 1. The largest absolute Gasteiger partial charge is 0.487 e. The Balaban J connectivity index is 1.35. The van der Waals surface area contributed by atoms with Crippen LogP contribution in [0.3, 0.4) is 0 Å². The Morgan fingerprint density at radius 3 is 2.48 bits per heavy atom. The Labute approximate surface area is 193 Å². The van der Waals surface area contributed by atoms with E-state index in [-0.39, 0.29) is 18.1 Å². The van der Waals surface area contributed by atoms with Crippen molar-refractivity contribution in [2.24, 2.45) is 5.73 Å². The Bertz CT molecular complexity index is 1120. The minimum atomic E-state index is -0.561. The number of hydrogen-bond acceptors (Lipinski definition) is 6. The van der Waals surface area contributed by atoms with Crippen molar-refractivity contribution < 1.29 is 14.3 Å². The van der Waals surface area contributed by atoms with E-state index >= 15 is 0 Å². The molecule has 2 aromatic carbocycles. The fourth-order valence-corrected chi connectivity index (χ4v) is 3.63. The third-order valence-corrected chi connectivity index (χ3v) is 5.59. The number of amides is 2. The fraction of sp³-hybridized carbons (Fsp3) is 0.240. The van der Waals surface area contributed by atoms with E-state index in [0.717, 1.165) is 37.4 Å². The molecule has 1 aliphatic heterocycles. The predicted molar refractivity (Wildman–Crippen MR) is 128 cm³/mol. The quantitative estimate of drug-likeness (QED) is 0.580. The SMILES string of the molecule is CN1CCN(c2ccc(C(=O)Nc3cccc(COc4cncc(C(N)=O)c4)c3)cc2)CC1. The van der Waals surface area contributed by atoms with E-state index < -0.39 is 5.91 Å². The Morgan fingerprint density at radius 1 is 1.00 bits per heavy atom. The molecule has 3 N–H and O–H groups in total. The molecule has 2 heterocycles. The summed E-state index contributed by atoms with van der Waals surface area (Å²) in [5.41, 5.74) is 8.83. The minimum absolute atomic E-state index is 0.170. The zero-order valence-electron chi connectivity index (χ0n) is 18.5. The molecule has 1 aliphatic rings. The molecule has 0 spiro atoms. The summed E-state index contributed by atoms with van der Waals surface area (Å²) < 4.78 is 5.71. The molecule has 0 atom stereocenters. The first-order valence-electron chi connectivity index (χ1n) is 10.8. The van der Waals surface area contributed by atoms with Gasteiger partial charge in [-0.1, -0.05) is 12.1 Å². The van der Waals surface area contributed by atoms with Crippen LogP contribution in [-0.4, -0.2) is 54.9 Å². The van der Waals surface area contributed by atoms with Gasteiger partial charge < -0.3 is 25.6 Å². The van der Waals surface area contributed by atoms with E-state index in [1.165, 1.54) is 12.4 Å². The lowest BCUT2D eigenvalue weighted by Crippen LogP contribution is -2.44. The van der Waals surface area contributed by atoms with Crippen molar-refractivity contribution in [3.05, 3.63) is 83.7 Å². The second kappa shape index (κ2) is 10.1. The third-order valence-electron chi connectivity index (χ3n) is 5.59. The standard InChI is InChI=1S/C25H27N5O3/c1-29-9-11-30(12-10-29)22-7-5-19(6-8-22)25(32)28-21-4-2-3-18(13-21)17-33-23-14-20(24(26)31)15-27-16-23/h2-8,13-16H,9-12,17H2,1H3,(H2,26,31)(H,28,32). The number of pyridine rings is 1. The van der Waals surface area contributed by atoms with Crippen LogP contribution in [0.15, 0.2) is 67.0 Å². The first-order chi connectivity index (χ1) is 16.0. The van der Waals surface area contributed by atoms with Crippen LogP contribution in [-0.2, 0) is 6.61 Å². The number of nitrogens with two attached hydrogens (primary N) is 1. The lowest BCUT2D eigenvalue weighted by Gasteiger charge is -2.34. The van der Waals surface area contributed by atoms with Gasteiger partial charge in [-0.2, -0.15) is 0 Å². The topological polar surface area (TPSA) is 101 Å². The monoisotopic (exact) mass is 445 g/mol. The predicted octanol–water partition coefficient (Wildman–Crippen LogP) is 2.76.